The van der Waals surface area contributed by atoms with Crippen molar-refractivity contribution in [3.63, 3.8) is 0 Å². The molecular formula is C35H34F3N3. The molecule has 0 atom stereocenters. The normalized spacial score (nSPS) is 11.7. The van der Waals surface area contributed by atoms with Gasteiger partial charge >= 0.3 is 6.18 Å². The fourth-order valence-corrected chi connectivity index (χ4v) is 5.16. The van der Waals surface area contributed by atoms with Gasteiger partial charge in [0.1, 0.15) is 5.82 Å². The van der Waals surface area contributed by atoms with Gasteiger partial charge in [0.05, 0.1) is 17.0 Å². The van der Waals surface area contributed by atoms with Gasteiger partial charge in [-0.15, -0.1) is 0 Å². The van der Waals surface area contributed by atoms with E-state index in [9.17, 15) is 13.2 Å². The van der Waals surface area contributed by atoms with Crippen LogP contribution in [-0.4, -0.2) is 14.5 Å². The van der Waals surface area contributed by atoms with E-state index in [0.717, 1.165) is 59.4 Å². The van der Waals surface area contributed by atoms with Gasteiger partial charge in [-0.1, -0.05) is 123 Å². The van der Waals surface area contributed by atoms with Crippen LogP contribution in [0.3, 0.4) is 0 Å². The maximum Gasteiger partial charge on any atom is 0.416 e. The Kier molecular flexibility index (Phi) is 9.00. The minimum atomic E-state index is -4.38. The van der Waals surface area contributed by atoms with E-state index in [0.29, 0.717) is 25.2 Å². The van der Waals surface area contributed by atoms with Gasteiger partial charge in [0, 0.05) is 37.3 Å². The number of halogens is 3. The van der Waals surface area contributed by atoms with Crippen LogP contribution in [0.15, 0.2) is 115 Å². The molecule has 5 rings (SSSR count). The molecule has 41 heavy (non-hydrogen) atoms. The lowest BCUT2D eigenvalue weighted by Gasteiger charge is -2.25. The number of imidazole rings is 1. The molecule has 0 aliphatic heterocycles. The molecule has 3 nitrogen and oxygen atoms in total. The van der Waals surface area contributed by atoms with Gasteiger partial charge < -0.3 is 4.57 Å². The van der Waals surface area contributed by atoms with Crippen molar-refractivity contribution >= 4 is 0 Å². The molecule has 210 valence electrons. The molecule has 0 amide bonds. The molecule has 0 spiro atoms. The summed E-state index contributed by atoms with van der Waals surface area (Å²) in [6.45, 7) is 4.46. The van der Waals surface area contributed by atoms with E-state index in [1.165, 1.54) is 12.1 Å². The van der Waals surface area contributed by atoms with Crippen molar-refractivity contribution in [3.8, 4) is 22.6 Å². The zero-order valence-corrected chi connectivity index (χ0v) is 23.2. The molecular weight excluding hydrogens is 519 g/mol. The van der Waals surface area contributed by atoms with Crippen LogP contribution in [0, 0.1) is 0 Å². The van der Waals surface area contributed by atoms with Crippen molar-refractivity contribution in [1.82, 2.24) is 14.5 Å². The van der Waals surface area contributed by atoms with E-state index in [2.05, 4.69) is 52.8 Å². The summed E-state index contributed by atoms with van der Waals surface area (Å²) in [7, 11) is 0. The highest BCUT2D eigenvalue weighted by Gasteiger charge is 2.30. The Hall–Kier alpha value is -4.16. The highest BCUT2D eigenvalue weighted by Crippen LogP contribution is 2.33. The van der Waals surface area contributed by atoms with Gasteiger partial charge in [-0.3, -0.25) is 4.90 Å². The van der Waals surface area contributed by atoms with Crippen LogP contribution in [0.25, 0.3) is 22.6 Å². The number of aromatic nitrogens is 2. The maximum atomic E-state index is 13.5. The average molecular weight is 554 g/mol. The van der Waals surface area contributed by atoms with E-state index >= 15 is 0 Å². The Morgan fingerprint density at radius 1 is 0.683 bits per heavy atom. The number of unbranched alkanes of at least 4 members (excludes halogenated alkanes) is 1. The van der Waals surface area contributed by atoms with Gasteiger partial charge in [-0.05, 0) is 23.6 Å². The lowest BCUT2D eigenvalue weighted by Crippen LogP contribution is -2.25. The van der Waals surface area contributed by atoms with Crippen LogP contribution in [0.5, 0.6) is 0 Å². The zero-order valence-electron chi connectivity index (χ0n) is 23.2. The molecule has 0 fully saturated rings. The summed E-state index contributed by atoms with van der Waals surface area (Å²) >= 11 is 0. The summed E-state index contributed by atoms with van der Waals surface area (Å²) in [5.74, 6) is 0.909. The van der Waals surface area contributed by atoms with Crippen LogP contribution in [-0.2, 0) is 32.4 Å². The molecule has 1 aromatic heterocycles. The molecule has 0 radical (unpaired) electrons. The third kappa shape index (κ3) is 7.14. The highest BCUT2D eigenvalue weighted by atomic mass is 19.4. The fraction of sp³-hybridized carbons (Fsp3) is 0.229. The van der Waals surface area contributed by atoms with Crippen LogP contribution < -0.4 is 0 Å². The minimum absolute atomic E-state index is 0.368. The molecule has 6 heteroatoms. The topological polar surface area (TPSA) is 21.1 Å². The first-order valence-corrected chi connectivity index (χ1v) is 14.0. The minimum Gasteiger partial charge on any atom is -0.326 e. The predicted octanol–water partition coefficient (Wildman–Crippen LogP) is 9.24. The summed E-state index contributed by atoms with van der Waals surface area (Å²) in [6.07, 6.45) is -2.36. The Morgan fingerprint density at radius 3 is 1.90 bits per heavy atom. The van der Waals surface area contributed by atoms with E-state index in [-0.39, 0.29) is 0 Å². The van der Waals surface area contributed by atoms with E-state index in [1.807, 2.05) is 54.6 Å². The van der Waals surface area contributed by atoms with E-state index < -0.39 is 11.7 Å². The number of benzene rings is 4. The molecule has 0 aliphatic rings. The first-order chi connectivity index (χ1) is 19.9. The second kappa shape index (κ2) is 13.0. The van der Waals surface area contributed by atoms with Crippen molar-refractivity contribution in [1.29, 1.82) is 0 Å². The fourth-order valence-electron chi connectivity index (χ4n) is 5.16. The number of hydrogen-bond acceptors (Lipinski definition) is 2. The molecule has 5 aromatic rings. The molecule has 4 aromatic carbocycles. The lowest BCUT2D eigenvalue weighted by molar-refractivity contribution is -0.137. The number of rotatable bonds is 11. The molecule has 1 heterocycles. The third-order valence-electron chi connectivity index (χ3n) is 7.17. The largest absolute Gasteiger partial charge is 0.416 e. The Morgan fingerprint density at radius 2 is 1.27 bits per heavy atom. The third-order valence-corrected chi connectivity index (χ3v) is 7.17. The van der Waals surface area contributed by atoms with Gasteiger partial charge in [0.25, 0.3) is 0 Å². The second-order valence-corrected chi connectivity index (χ2v) is 10.3. The van der Waals surface area contributed by atoms with Crippen molar-refractivity contribution in [2.75, 3.05) is 0 Å². The Balaban J connectivity index is 1.61. The summed E-state index contributed by atoms with van der Waals surface area (Å²) in [5, 5.41) is 0. The summed E-state index contributed by atoms with van der Waals surface area (Å²) in [6, 6.07) is 36.1. The van der Waals surface area contributed by atoms with Crippen molar-refractivity contribution in [2.24, 2.45) is 0 Å². The molecule has 0 N–H and O–H groups in total. The monoisotopic (exact) mass is 553 g/mol. The van der Waals surface area contributed by atoms with Crippen LogP contribution >= 0.6 is 0 Å². The lowest BCUT2D eigenvalue weighted by atomic mass is 10.1. The zero-order chi connectivity index (χ0) is 28.7. The first-order valence-electron chi connectivity index (χ1n) is 14.0. The molecule has 0 unspecified atom stereocenters. The predicted molar refractivity (Wildman–Crippen MR) is 159 cm³/mol. The van der Waals surface area contributed by atoms with Crippen LogP contribution in [0.4, 0.5) is 13.2 Å². The molecule has 0 aliphatic carbocycles. The molecule has 0 saturated heterocycles. The summed E-state index contributed by atoms with van der Waals surface area (Å²) in [4.78, 5) is 7.42. The maximum absolute atomic E-state index is 13.5. The quantitative estimate of drug-likeness (QED) is 0.163. The first kappa shape index (κ1) is 28.4. The van der Waals surface area contributed by atoms with Crippen molar-refractivity contribution in [2.45, 2.75) is 52.1 Å². The summed E-state index contributed by atoms with van der Waals surface area (Å²) < 4.78 is 43.0. The number of nitrogens with zero attached hydrogens (tertiary/aromatic N) is 3. The SMILES string of the molecule is CCCCn1c(-c2ccccc2)nc(-c2ccccc2)c1CN(Cc1ccccc1)Cc1cccc(C(F)(F)F)c1. The van der Waals surface area contributed by atoms with Gasteiger partial charge in [-0.2, -0.15) is 13.2 Å². The van der Waals surface area contributed by atoms with E-state index in [1.54, 1.807) is 6.07 Å². The van der Waals surface area contributed by atoms with Crippen LogP contribution in [0.2, 0.25) is 0 Å². The highest BCUT2D eigenvalue weighted by molar-refractivity contribution is 5.68. The standard InChI is InChI=1S/C35H34F3N3/c1-2-3-22-41-32(33(29-17-9-5-10-18-29)39-34(41)30-19-11-6-12-20-30)26-40(24-27-14-7-4-8-15-27)25-28-16-13-21-31(23-28)35(36,37)38/h4-21,23H,2-3,22,24-26H2,1H3. The van der Waals surface area contributed by atoms with Gasteiger partial charge in [-0.25, -0.2) is 4.98 Å². The second-order valence-electron chi connectivity index (χ2n) is 10.3. The Bertz CT molecular complexity index is 1530. The smallest absolute Gasteiger partial charge is 0.326 e. The average Bonchev–Trinajstić information content (AvgIpc) is 3.35. The van der Waals surface area contributed by atoms with Gasteiger partial charge in [0.15, 0.2) is 0 Å². The molecule has 0 bridgehead atoms. The number of alkyl halides is 3. The summed E-state index contributed by atoms with van der Waals surface area (Å²) in [5.41, 5.74) is 5.13. The van der Waals surface area contributed by atoms with E-state index in [4.69, 9.17) is 4.98 Å². The molecule has 0 saturated carbocycles. The van der Waals surface area contributed by atoms with Crippen molar-refractivity contribution < 1.29 is 13.2 Å². The van der Waals surface area contributed by atoms with Crippen LogP contribution in [0.1, 0.15) is 42.1 Å². The van der Waals surface area contributed by atoms with Gasteiger partial charge in [0.2, 0.25) is 0 Å². The van der Waals surface area contributed by atoms with Crippen molar-refractivity contribution in [3.05, 3.63) is 138 Å². The number of hydrogen-bond donors (Lipinski definition) is 0. The Labute approximate surface area is 239 Å².